The van der Waals surface area contributed by atoms with Crippen molar-refractivity contribution in [2.45, 2.75) is 0 Å². The molecule has 2 rings (SSSR count). The van der Waals surface area contributed by atoms with Crippen molar-refractivity contribution in [1.29, 1.82) is 0 Å². The van der Waals surface area contributed by atoms with E-state index in [4.69, 9.17) is 0 Å². The highest BCUT2D eigenvalue weighted by Gasteiger charge is 1.97. The van der Waals surface area contributed by atoms with E-state index in [2.05, 4.69) is 15.6 Å². The SMILES string of the molecule is CNc1cc(Nc2ccc(F)cc2)ccn1. The lowest BCUT2D eigenvalue weighted by atomic mass is 10.3. The van der Waals surface area contributed by atoms with Crippen LogP contribution < -0.4 is 10.6 Å². The third-order valence-electron chi connectivity index (χ3n) is 2.15. The van der Waals surface area contributed by atoms with Gasteiger partial charge in [-0.2, -0.15) is 0 Å². The van der Waals surface area contributed by atoms with Crippen LogP contribution in [0, 0.1) is 5.82 Å². The second-order valence-corrected chi connectivity index (χ2v) is 3.31. The Kier molecular flexibility index (Phi) is 3.00. The number of anilines is 3. The molecule has 0 radical (unpaired) electrons. The van der Waals surface area contributed by atoms with E-state index >= 15 is 0 Å². The first-order valence-electron chi connectivity index (χ1n) is 4.94. The van der Waals surface area contributed by atoms with Crippen molar-refractivity contribution in [2.75, 3.05) is 17.7 Å². The van der Waals surface area contributed by atoms with Crippen LogP contribution in [0.5, 0.6) is 0 Å². The molecule has 0 saturated carbocycles. The first-order chi connectivity index (χ1) is 7.78. The van der Waals surface area contributed by atoms with Gasteiger partial charge in [0.05, 0.1) is 0 Å². The zero-order valence-corrected chi connectivity index (χ0v) is 8.87. The lowest BCUT2D eigenvalue weighted by Crippen LogP contribution is -1.95. The molecule has 1 aromatic heterocycles. The van der Waals surface area contributed by atoms with Gasteiger partial charge in [0.25, 0.3) is 0 Å². The molecular weight excluding hydrogens is 205 g/mol. The second-order valence-electron chi connectivity index (χ2n) is 3.31. The van der Waals surface area contributed by atoms with Gasteiger partial charge in [-0.3, -0.25) is 0 Å². The molecule has 0 spiro atoms. The van der Waals surface area contributed by atoms with Gasteiger partial charge in [0.2, 0.25) is 0 Å². The number of hydrogen-bond acceptors (Lipinski definition) is 3. The number of halogens is 1. The summed E-state index contributed by atoms with van der Waals surface area (Å²) in [5.41, 5.74) is 1.75. The van der Waals surface area contributed by atoms with Crippen LogP contribution in [0.25, 0.3) is 0 Å². The summed E-state index contributed by atoms with van der Waals surface area (Å²) in [5.74, 6) is 0.545. The smallest absolute Gasteiger partial charge is 0.127 e. The molecule has 3 nitrogen and oxygen atoms in total. The zero-order valence-electron chi connectivity index (χ0n) is 8.87. The molecule has 2 aromatic rings. The molecule has 4 heteroatoms. The summed E-state index contributed by atoms with van der Waals surface area (Å²) in [6.45, 7) is 0. The van der Waals surface area contributed by atoms with Gasteiger partial charge in [-0.1, -0.05) is 0 Å². The van der Waals surface area contributed by atoms with Crippen LogP contribution in [0.4, 0.5) is 21.6 Å². The van der Waals surface area contributed by atoms with E-state index < -0.39 is 0 Å². The molecule has 0 amide bonds. The van der Waals surface area contributed by atoms with Crippen LogP contribution in [-0.4, -0.2) is 12.0 Å². The maximum absolute atomic E-state index is 12.7. The molecule has 16 heavy (non-hydrogen) atoms. The van der Waals surface area contributed by atoms with Crippen LogP contribution in [0.1, 0.15) is 0 Å². The van der Waals surface area contributed by atoms with Gasteiger partial charge in [-0.15, -0.1) is 0 Å². The zero-order chi connectivity index (χ0) is 11.4. The number of nitrogens with zero attached hydrogens (tertiary/aromatic N) is 1. The summed E-state index contributed by atoms with van der Waals surface area (Å²) in [6.07, 6.45) is 1.71. The van der Waals surface area contributed by atoms with Gasteiger partial charge < -0.3 is 10.6 Å². The Morgan fingerprint density at radius 2 is 1.81 bits per heavy atom. The number of rotatable bonds is 3. The third kappa shape index (κ3) is 2.48. The van der Waals surface area contributed by atoms with E-state index in [0.29, 0.717) is 0 Å². The van der Waals surface area contributed by atoms with Gasteiger partial charge in [0.15, 0.2) is 0 Å². The topological polar surface area (TPSA) is 37.0 Å². The number of pyridine rings is 1. The molecule has 0 saturated heterocycles. The Labute approximate surface area is 93.3 Å². The predicted molar refractivity (Wildman–Crippen MR) is 63.5 cm³/mol. The molecule has 0 aliphatic heterocycles. The molecular formula is C12H12FN3. The monoisotopic (exact) mass is 217 g/mol. The average Bonchev–Trinajstić information content (AvgIpc) is 2.32. The fourth-order valence-corrected chi connectivity index (χ4v) is 1.34. The van der Waals surface area contributed by atoms with E-state index in [0.717, 1.165) is 17.2 Å². The summed E-state index contributed by atoms with van der Waals surface area (Å²) < 4.78 is 12.7. The third-order valence-corrected chi connectivity index (χ3v) is 2.15. The Bertz CT molecular complexity index is 468. The van der Waals surface area contributed by atoms with Gasteiger partial charge in [-0.25, -0.2) is 9.37 Å². The summed E-state index contributed by atoms with van der Waals surface area (Å²) in [4.78, 5) is 4.10. The lowest BCUT2D eigenvalue weighted by molar-refractivity contribution is 0.628. The highest BCUT2D eigenvalue weighted by Crippen LogP contribution is 2.18. The van der Waals surface area contributed by atoms with E-state index in [1.807, 2.05) is 19.2 Å². The van der Waals surface area contributed by atoms with Gasteiger partial charge in [0, 0.05) is 30.7 Å². The predicted octanol–water partition coefficient (Wildman–Crippen LogP) is 3.01. The summed E-state index contributed by atoms with van der Waals surface area (Å²) in [6, 6.07) is 9.95. The Balaban J connectivity index is 2.16. The standard InChI is InChI=1S/C12H12FN3/c1-14-12-8-11(6-7-15-12)16-10-4-2-9(13)3-5-10/h2-8H,1H3,(H2,14,15,16). The van der Waals surface area contributed by atoms with Crippen LogP contribution in [0.3, 0.4) is 0 Å². The van der Waals surface area contributed by atoms with Crippen molar-refractivity contribution >= 4 is 17.2 Å². The molecule has 2 N–H and O–H groups in total. The van der Waals surface area contributed by atoms with E-state index in [-0.39, 0.29) is 5.82 Å². The summed E-state index contributed by atoms with van der Waals surface area (Å²) in [7, 11) is 1.81. The number of benzene rings is 1. The van der Waals surface area contributed by atoms with Crippen LogP contribution in [0.15, 0.2) is 42.6 Å². The Hall–Kier alpha value is -2.10. The van der Waals surface area contributed by atoms with Crippen molar-refractivity contribution in [3.05, 3.63) is 48.4 Å². The Morgan fingerprint density at radius 3 is 2.50 bits per heavy atom. The van der Waals surface area contributed by atoms with Crippen molar-refractivity contribution in [3.8, 4) is 0 Å². The molecule has 0 atom stereocenters. The molecule has 0 unspecified atom stereocenters. The largest absolute Gasteiger partial charge is 0.373 e. The molecule has 82 valence electrons. The number of nitrogens with one attached hydrogen (secondary N) is 2. The summed E-state index contributed by atoms with van der Waals surface area (Å²) >= 11 is 0. The van der Waals surface area contributed by atoms with E-state index in [9.17, 15) is 4.39 Å². The minimum atomic E-state index is -0.240. The average molecular weight is 217 g/mol. The van der Waals surface area contributed by atoms with Gasteiger partial charge in [0.1, 0.15) is 11.6 Å². The molecule has 0 bridgehead atoms. The fraction of sp³-hybridized carbons (Fsp3) is 0.0833. The van der Waals surface area contributed by atoms with Crippen LogP contribution >= 0.6 is 0 Å². The van der Waals surface area contributed by atoms with Crippen molar-refractivity contribution in [3.63, 3.8) is 0 Å². The normalized spacial score (nSPS) is 9.88. The molecule has 0 aliphatic carbocycles. The maximum Gasteiger partial charge on any atom is 0.127 e. The molecule has 0 aliphatic rings. The van der Waals surface area contributed by atoms with Crippen LogP contribution in [0.2, 0.25) is 0 Å². The maximum atomic E-state index is 12.7. The van der Waals surface area contributed by atoms with Crippen molar-refractivity contribution in [1.82, 2.24) is 4.98 Å². The molecule has 0 fully saturated rings. The Morgan fingerprint density at radius 1 is 1.06 bits per heavy atom. The van der Waals surface area contributed by atoms with Crippen LogP contribution in [-0.2, 0) is 0 Å². The van der Waals surface area contributed by atoms with E-state index in [1.54, 1.807) is 18.3 Å². The lowest BCUT2D eigenvalue weighted by Gasteiger charge is -2.07. The molecule has 1 aromatic carbocycles. The first-order valence-corrected chi connectivity index (χ1v) is 4.94. The first kappa shape index (κ1) is 10.4. The highest BCUT2D eigenvalue weighted by molar-refractivity contribution is 5.62. The van der Waals surface area contributed by atoms with E-state index in [1.165, 1.54) is 12.1 Å². The number of aromatic nitrogens is 1. The van der Waals surface area contributed by atoms with Crippen molar-refractivity contribution in [2.24, 2.45) is 0 Å². The van der Waals surface area contributed by atoms with Crippen molar-refractivity contribution < 1.29 is 4.39 Å². The van der Waals surface area contributed by atoms with Gasteiger partial charge >= 0.3 is 0 Å². The minimum absolute atomic E-state index is 0.240. The summed E-state index contributed by atoms with van der Waals surface area (Å²) in [5, 5.41) is 6.11. The fourth-order valence-electron chi connectivity index (χ4n) is 1.34. The minimum Gasteiger partial charge on any atom is -0.373 e. The number of hydrogen-bond donors (Lipinski definition) is 2. The quantitative estimate of drug-likeness (QED) is 0.829. The second kappa shape index (κ2) is 4.61. The molecule has 1 heterocycles. The highest BCUT2D eigenvalue weighted by atomic mass is 19.1. The van der Waals surface area contributed by atoms with Gasteiger partial charge in [-0.05, 0) is 30.3 Å².